The molecule has 1 N–H and O–H groups in total. The molecule has 1 aromatic heterocycles. The molecule has 0 spiro atoms. The quantitative estimate of drug-likeness (QED) is 0.223. The molecule has 3 aromatic rings. The number of aliphatic hydroxyl groups is 1. The number of hydrogen-bond donors (Lipinski definition) is 1. The van der Waals surface area contributed by atoms with Gasteiger partial charge in [-0.3, -0.25) is 9.58 Å². The fourth-order valence-corrected chi connectivity index (χ4v) is 8.91. The van der Waals surface area contributed by atoms with Crippen molar-refractivity contribution in [2.24, 2.45) is 0 Å². The summed E-state index contributed by atoms with van der Waals surface area (Å²) >= 11 is 1.09. The van der Waals surface area contributed by atoms with Crippen LogP contribution in [0.2, 0.25) is 0 Å². The second-order valence-electron chi connectivity index (χ2n) is 13.3. The molecule has 2 fully saturated rings. The average Bonchev–Trinajstić information content (AvgIpc) is 3.42. The molecule has 1 atom stereocenters. The highest BCUT2D eigenvalue weighted by molar-refractivity contribution is 7.99. The van der Waals surface area contributed by atoms with E-state index in [0.29, 0.717) is 99.9 Å². The predicted molar refractivity (Wildman–Crippen MR) is 184 cm³/mol. The summed E-state index contributed by atoms with van der Waals surface area (Å²) in [6.45, 7) is 4.82. The molecule has 0 unspecified atom stereocenters. The summed E-state index contributed by atoms with van der Waals surface area (Å²) in [5.41, 5.74) is 1.97. The van der Waals surface area contributed by atoms with Gasteiger partial charge in [-0.2, -0.15) is 22.6 Å². The van der Waals surface area contributed by atoms with E-state index in [2.05, 4.69) is 9.80 Å². The predicted octanol–water partition coefficient (Wildman–Crippen LogP) is 4.73. The van der Waals surface area contributed by atoms with Crippen LogP contribution < -0.4 is 4.90 Å². The SMILES string of the molecule is CS(=O)(=O)N1CCc2c(c(-c3ccc(C(F)(F)F)c(SCCN4CCC(F)CC4)c3)nn2C[C@H](O)CN2CCN(c3ccccc3F)CC2)C1. The summed E-state index contributed by atoms with van der Waals surface area (Å²) in [7, 11) is -3.56. The van der Waals surface area contributed by atoms with Crippen LogP contribution in [0, 0.1) is 5.82 Å². The molecule has 0 aliphatic carbocycles. The number of benzene rings is 2. The number of anilines is 1. The first kappa shape index (κ1) is 37.0. The molecule has 0 amide bonds. The zero-order valence-corrected chi connectivity index (χ0v) is 29.6. The number of piperidine rings is 1. The Hall–Kier alpha value is -2.76. The number of β-amino-alcohol motifs (C(OH)–C–C–N with tert-alkyl or cyclic N) is 1. The minimum Gasteiger partial charge on any atom is -0.390 e. The van der Waals surface area contributed by atoms with Crippen molar-refractivity contribution < 1.29 is 35.5 Å². The van der Waals surface area contributed by atoms with Gasteiger partial charge in [0.25, 0.3) is 0 Å². The Labute approximate surface area is 294 Å². The molecular formula is C34H43F5N6O3S2. The van der Waals surface area contributed by atoms with Gasteiger partial charge in [-0.05, 0) is 37.1 Å². The van der Waals surface area contributed by atoms with Crippen LogP contribution in [0.25, 0.3) is 11.3 Å². The van der Waals surface area contributed by atoms with Crippen LogP contribution in [0.1, 0.15) is 29.7 Å². The molecule has 2 aromatic carbocycles. The van der Waals surface area contributed by atoms with Crippen LogP contribution >= 0.6 is 11.8 Å². The minimum absolute atomic E-state index is 0.0195. The zero-order valence-electron chi connectivity index (χ0n) is 28.0. The van der Waals surface area contributed by atoms with E-state index in [1.807, 2.05) is 4.90 Å². The third-order valence-corrected chi connectivity index (χ3v) is 12.0. The third kappa shape index (κ3) is 8.81. The van der Waals surface area contributed by atoms with Gasteiger partial charge in [-0.1, -0.05) is 18.2 Å². The lowest BCUT2D eigenvalue weighted by molar-refractivity contribution is -0.139. The van der Waals surface area contributed by atoms with Crippen molar-refractivity contribution >= 4 is 27.5 Å². The summed E-state index contributed by atoms with van der Waals surface area (Å²) < 4.78 is 98.3. The number of piperazine rings is 1. The number of likely N-dealkylation sites (tertiary alicyclic amines) is 1. The molecule has 50 heavy (non-hydrogen) atoms. The normalized spacial score (nSPS) is 19.5. The number of rotatable bonds is 11. The van der Waals surface area contributed by atoms with Crippen molar-refractivity contribution in [1.82, 2.24) is 23.9 Å². The molecule has 2 saturated heterocycles. The molecule has 9 nitrogen and oxygen atoms in total. The number of alkyl halides is 4. The lowest BCUT2D eigenvalue weighted by atomic mass is 10.0. The largest absolute Gasteiger partial charge is 0.417 e. The maximum Gasteiger partial charge on any atom is 0.417 e. The van der Waals surface area contributed by atoms with Gasteiger partial charge in [0.15, 0.2) is 0 Å². The van der Waals surface area contributed by atoms with Crippen molar-refractivity contribution in [3.8, 4) is 11.3 Å². The van der Waals surface area contributed by atoms with Crippen LogP contribution in [0.4, 0.5) is 27.6 Å². The van der Waals surface area contributed by atoms with Gasteiger partial charge in [0.1, 0.15) is 12.0 Å². The summed E-state index contributed by atoms with van der Waals surface area (Å²) in [4.78, 5) is 6.19. The molecule has 3 aliphatic heterocycles. The van der Waals surface area contributed by atoms with Gasteiger partial charge in [0.05, 0.1) is 35.8 Å². The number of aliphatic hydroxyl groups excluding tert-OH is 1. The van der Waals surface area contributed by atoms with E-state index >= 15 is 0 Å². The van der Waals surface area contributed by atoms with E-state index in [9.17, 15) is 35.5 Å². The number of hydrogen-bond acceptors (Lipinski definition) is 8. The Bertz CT molecular complexity index is 1740. The first-order chi connectivity index (χ1) is 23.8. The van der Waals surface area contributed by atoms with Crippen LogP contribution in [0.15, 0.2) is 47.4 Å². The first-order valence-electron chi connectivity index (χ1n) is 16.9. The van der Waals surface area contributed by atoms with Gasteiger partial charge < -0.3 is 14.9 Å². The van der Waals surface area contributed by atoms with Gasteiger partial charge in [-0.15, -0.1) is 11.8 Å². The summed E-state index contributed by atoms with van der Waals surface area (Å²) in [6.07, 6.45) is -3.94. The van der Waals surface area contributed by atoms with Gasteiger partial charge in [0, 0.05) is 99.3 Å². The molecule has 4 heterocycles. The fraction of sp³-hybridized carbons (Fsp3) is 0.559. The molecule has 0 bridgehead atoms. The van der Waals surface area contributed by atoms with E-state index in [-0.39, 0.29) is 30.3 Å². The van der Waals surface area contributed by atoms with Crippen LogP contribution in [-0.2, 0) is 35.7 Å². The highest BCUT2D eigenvalue weighted by atomic mass is 32.2. The van der Waals surface area contributed by atoms with Crippen LogP contribution in [0.5, 0.6) is 0 Å². The van der Waals surface area contributed by atoms with Crippen LogP contribution in [-0.4, -0.2) is 121 Å². The highest BCUT2D eigenvalue weighted by Gasteiger charge is 2.35. The number of halogens is 5. The number of fused-ring (bicyclic) bond motifs is 1. The van der Waals surface area contributed by atoms with Gasteiger partial charge >= 0.3 is 6.18 Å². The number of para-hydroxylation sites is 1. The Balaban J connectivity index is 1.20. The van der Waals surface area contributed by atoms with Crippen molar-refractivity contribution in [1.29, 1.82) is 0 Å². The van der Waals surface area contributed by atoms with Crippen molar-refractivity contribution in [2.45, 2.75) is 55.7 Å². The van der Waals surface area contributed by atoms with E-state index in [1.54, 1.807) is 22.9 Å². The summed E-state index contributed by atoms with van der Waals surface area (Å²) in [5.74, 6) is 0.113. The van der Waals surface area contributed by atoms with E-state index in [4.69, 9.17) is 5.10 Å². The molecule has 3 aliphatic rings. The van der Waals surface area contributed by atoms with E-state index in [1.165, 1.54) is 22.5 Å². The second-order valence-corrected chi connectivity index (χ2v) is 16.4. The Morgan fingerprint density at radius 1 is 0.980 bits per heavy atom. The molecule has 274 valence electrons. The van der Waals surface area contributed by atoms with Gasteiger partial charge in [-0.25, -0.2) is 17.2 Å². The average molecular weight is 743 g/mol. The minimum atomic E-state index is -4.58. The maximum absolute atomic E-state index is 14.3. The fourth-order valence-electron chi connectivity index (χ4n) is 7.00. The summed E-state index contributed by atoms with van der Waals surface area (Å²) in [6, 6.07) is 10.5. The monoisotopic (exact) mass is 742 g/mol. The number of aromatic nitrogens is 2. The topological polar surface area (TPSA) is 85.1 Å². The lowest BCUT2D eigenvalue weighted by Crippen LogP contribution is -2.49. The molecule has 0 saturated carbocycles. The molecule has 6 rings (SSSR count). The number of thioether (sulfide) groups is 1. The van der Waals surface area contributed by atoms with Crippen LogP contribution in [0.3, 0.4) is 0 Å². The van der Waals surface area contributed by atoms with Crippen molar-refractivity contribution in [3.63, 3.8) is 0 Å². The standard InChI is InChI=1S/C34H43F5N6O3S2/c1-50(47,48)44-13-10-30-27(23-44)33(24-6-7-28(34(37,38)39)32(20-24)49-19-18-41-11-8-25(35)9-12-41)40-45(30)22-26(46)21-42-14-16-43(17-15-42)31-5-3-2-4-29(31)36/h2-7,20,25-26,46H,8-19,21-23H2,1H3/t26-/m1/s1. The first-order valence-corrected chi connectivity index (χ1v) is 19.7. The van der Waals surface area contributed by atoms with E-state index in [0.717, 1.165) is 29.8 Å². The van der Waals surface area contributed by atoms with Gasteiger partial charge in [0.2, 0.25) is 10.0 Å². The third-order valence-electron chi connectivity index (χ3n) is 9.73. The highest BCUT2D eigenvalue weighted by Crippen LogP contribution is 2.40. The van der Waals surface area contributed by atoms with Crippen molar-refractivity contribution in [2.75, 3.05) is 75.8 Å². The molecule has 16 heteroatoms. The Morgan fingerprint density at radius 3 is 2.38 bits per heavy atom. The number of sulfonamides is 1. The lowest BCUT2D eigenvalue weighted by Gasteiger charge is -2.37. The number of nitrogens with zero attached hydrogens (tertiary/aromatic N) is 6. The Kier molecular flexibility index (Phi) is 11.4. The smallest absolute Gasteiger partial charge is 0.390 e. The van der Waals surface area contributed by atoms with Crippen molar-refractivity contribution in [3.05, 3.63) is 65.1 Å². The maximum atomic E-state index is 14.3. The summed E-state index contributed by atoms with van der Waals surface area (Å²) in [5, 5.41) is 16.0. The molecule has 0 radical (unpaired) electrons. The zero-order chi connectivity index (χ0) is 35.6. The van der Waals surface area contributed by atoms with E-state index < -0.39 is 34.0 Å². The second kappa shape index (κ2) is 15.5. The Morgan fingerprint density at radius 2 is 1.70 bits per heavy atom. The molecular weight excluding hydrogens is 700 g/mol.